The standard InChI is InChI=1S/C10H24NO.C4H8/c1-5-7-8-9-12-10-11(3,4)6-2;1-4(2)3/h5-10H2,1-4H3;1H2,2-3H3/q+1;. The van der Waals surface area contributed by atoms with E-state index in [0.717, 1.165) is 24.4 Å². The smallest absolute Gasteiger partial charge is 0.182 e. The monoisotopic (exact) mass is 230 g/mol. The summed E-state index contributed by atoms with van der Waals surface area (Å²) in [6.45, 7) is 14.8. The number of hydrogen-bond donors (Lipinski definition) is 0. The Morgan fingerprint density at radius 2 is 1.62 bits per heavy atom. The summed E-state index contributed by atoms with van der Waals surface area (Å²) in [5, 5.41) is 0. The summed E-state index contributed by atoms with van der Waals surface area (Å²) in [5.74, 6) is 0. The van der Waals surface area contributed by atoms with Gasteiger partial charge in [-0.3, -0.25) is 0 Å². The van der Waals surface area contributed by atoms with Gasteiger partial charge < -0.3 is 9.22 Å². The molecule has 0 fully saturated rings. The fourth-order valence-electron chi connectivity index (χ4n) is 0.857. The van der Waals surface area contributed by atoms with Crippen LogP contribution in [0.2, 0.25) is 0 Å². The lowest BCUT2D eigenvalue weighted by molar-refractivity contribution is -0.908. The van der Waals surface area contributed by atoms with E-state index in [1.807, 2.05) is 13.8 Å². The Labute approximate surface area is 103 Å². The molecule has 0 unspecified atom stereocenters. The van der Waals surface area contributed by atoms with Gasteiger partial charge in [0, 0.05) is 0 Å². The maximum Gasteiger partial charge on any atom is 0.182 e. The normalized spacial score (nSPS) is 10.6. The average molecular weight is 230 g/mol. The summed E-state index contributed by atoms with van der Waals surface area (Å²) in [5.41, 5.74) is 1.17. The Balaban J connectivity index is 0. The molecule has 0 aromatic carbocycles. The SMILES string of the molecule is C=C(C)C.CCCCCOC[N+](C)(C)CC. The molecule has 0 amide bonds. The molecule has 2 nitrogen and oxygen atoms in total. The lowest BCUT2D eigenvalue weighted by Gasteiger charge is -2.27. The number of unbranched alkanes of at least 4 members (excludes halogenated alkanes) is 2. The van der Waals surface area contributed by atoms with E-state index in [4.69, 9.17) is 4.74 Å². The zero-order valence-electron chi connectivity index (χ0n) is 12.3. The van der Waals surface area contributed by atoms with Gasteiger partial charge in [0.15, 0.2) is 6.73 Å². The van der Waals surface area contributed by atoms with E-state index in [1.54, 1.807) is 0 Å². The van der Waals surface area contributed by atoms with Gasteiger partial charge in [-0.15, -0.1) is 6.58 Å². The summed E-state index contributed by atoms with van der Waals surface area (Å²) in [7, 11) is 4.39. The fraction of sp³-hybridized carbons (Fsp3) is 0.857. The van der Waals surface area contributed by atoms with E-state index in [1.165, 1.54) is 24.8 Å². The van der Waals surface area contributed by atoms with Gasteiger partial charge >= 0.3 is 0 Å². The number of rotatable bonds is 7. The van der Waals surface area contributed by atoms with Crippen LogP contribution in [0.15, 0.2) is 12.2 Å². The van der Waals surface area contributed by atoms with E-state index in [2.05, 4.69) is 34.5 Å². The lowest BCUT2D eigenvalue weighted by atomic mass is 10.3. The van der Waals surface area contributed by atoms with Gasteiger partial charge in [-0.2, -0.15) is 0 Å². The van der Waals surface area contributed by atoms with Crippen LogP contribution < -0.4 is 0 Å². The van der Waals surface area contributed by atoms with Crippen molar-refractivity contribution in [2.24, 2.45) is 0 Å². The number of ether oxygens (including phenoxy) is 1. The zero-order valence-corrected chi connectivity index (χ0v) is 12.3. The molecule has 0 N–H and O–H groups in total. The highest BCUT2D eigenvalue weighted by Crippen LogP contribution is 1.99. The maximum atomic E-state index is 5.56. The molecule has 0 aromatic heterocycles. The van der Waals surface area contributed by atoms with E-state index in [9.17, 15) is 0 Å². The average Bonchev–Trinajstić information content (AvgIpc) is 2.17. The summed E-state index contributed by atoms with van der Waals surface area (Å²) in [6, 6.07) is 0. The molecule has 0 heterocycles. The van der Waals surface area contributed by atoms with Crippen molar-refractivity contribution in [2.75, 3.05) is 34.0 Å². The van der Waals surface area contributed by atoms with Gasteiger partial charge in [-0.25, -0.2) is 0 Å². The molecule has 0 bridgehead atoms. The highest BCUT2D eigenvalue weighted by molar-refractivity contribution is 4.78. The molecule has 0 radical (unpaired) electrons. The molecule has 0 aliphatic heterocycles. The zero-order chi connectivity index (χ0) is 13.0. The van der Waals surface area contributed by atoms with Gasteiger partial charge in [0.05, 0.1) is 27.2 Å². The topological polar surface area (TPSA) is 9.23 Å². The first kappa shape index (κ1) is 18.0. The van der Waals surface area contributed by atoms with Gasteiger partial charge in [0.1, 0.15) is 0 Å². The molecular formula is C14H32NO+. The fourth-order valence-corrected chi connectivity index (χ4v) is 0.857. The van der Waals surface area contributed by atoms with Crippen LogP contribution >= 0.6 is 0 Å². The number of quaternary nitrogens is 1. The Morgan fingerprint density at radius 3 is 2.00 bits per heavy atom. The Bertz CT molecular complexity index is 160. The van der Waals surface area contributed by atoms with Crippen LogP contribution in [0.3, 0.4) is 0 Å². The molecule has 2 heteroatoms. The maximum absolute atomic E-state index is 5.56. The minimum absolute atomic E-state index is 0.847. The van der Waals surface area contributed by atoms with Crippen LogP contribution in [-0.2, 0) is 4.74 Å². The molecule has 0 aliphatic carbocycles. The summed E-state index contributed by atoms with van der Waals surface area (Å²) in [6.07, 6.45) is 3.77. The molecule has 0 aliphatic rings. The summed E-state index contributed by atoms with van der Waals surface area (Å²) < 4.78 is 6.53. The van der Waals surface area contributed by atoms with E-state index < -0.39 is 0 Å². The Kier molecular flexibility index (Phi) is 12.6. The number of allylic oxidation sites excluding steroid dienone is 1. The van der Waals surface area contributed by atoms with Gasteiger partial charge in [-0.1, -0.05) is 25.3 Å². The third-order valence-electron chi connectivity index (χ3n) is 2.19. The van der Waals surface area contributed by atoms with Crippen molar-refractivity contribution in [1.29, 1.82) is 0 Å². The lowest BCUT2D eigenvalue weighted by Crippen LogP contribution is -2.41. The van der Waals surface area contributed by atoms with E-state index in [0.29, 0.717) is 0 Å². The van der Waals surface area contributed by atoms with Crippen molar-refractivity contribution in [1.82, 2.24) is 0 Å². The highest BCUT2D eigenvalue weighted by atomic mass is 16.5. The molecule has 98 valence electrons. The molecule has 0 saturated heterocycles. The first-order valence-corrected chi connectivity index (χ1v) is 6.37. The molecule has 0 spiro atoms. The van der Waals surface area contributed by atoms with Gasteiger partial charge in [-0.05, 0) is 27.2 Å². The Hall–Kier alpha value is -0.340. The number of nitrogens with zero attached hydrogens (tertiary/aromatic N) is 1. The first-order chi connectivity index (χ1) is 7.35. The van der Waals surface area contributed by atoms with Crippen LogP contribution in [0.5, 0.6) is 0 Å². The van der Waals surface area contributed by atoms with Crippen molar-refractivity contribution < 1.29 is 9.22 Å². The Morgan fingerprint density at radius 1 is 1.12 bits per heavy atom. The van der Waals surface area contributed by atoms with Crippen molar-refractivity contribution in [3.63, 3.8) is 0 Å². The molecule has 0 saturated carbocycles. The predicted molar refractivity (Wildman–Crippen MR) is 73.5 cm³/mol. The second kappa shape index (κ2) is 11.2. The van der Waals surface area contributed by atoms with Crippen LogP contribution in [-0.4, -0.2) is 38.5 Å². The first-order valence-electron chi connectivity index (χ1n) is 6.37. The predicted octanol–water partition coefficient (Wildman–Crippen LogP) is 3.83. The number of hydrogen-bond acceptors (Lipinski definition) is 1. The van der Waals surface area contributed by atoms with Crippen LogP contribution in [0.1, 0.15) is 47.0 Å². The van der Waals surface area contributed by atoms with Crippen LogP contribution in [0, 0.1) is 0 Å². The minimum atomic E-state index is 0.847. The van der Waals surface area contributed by atoms with Crippen molar-refractivity contribution in [3.8, 4) is 0 Å². The van der Waals surface area contributed by atoms with Gasteiger partial charge in [0.25, 0.3) is 0 Å². The van der Waals surface area contributed by atoms with Crippen LogP contribution in [0.4, 0.5) is 0 Å². The molecule has 0 rings (SSSR count). The highest BCUT2D eigenvalue weighted by Gasteiger charge is 2.10. The van der Waals surface area contributed by atoms with E-state index >= 15 is 0 Å². The van der Waals surface area contributed by atoms with E-state index in [-0.39, 0.29) is 0 Å². The largest absolute Gasteiger partial charge is 0.332 e. The van der Waals surface area contributed by atoms with Crippen molar-refractivity contribution in [2.45, 2.75) is 47.0 Å². The van der Waals surface area contributed by atoms with Gasteiger partial charge in [0.2, 0.25) is 0 Å². The molecule has 0 aromatic rings. The minimum Gasteiger partial charge on any atom is -0.332 e. The molecular weight excluding hydrogens is 198 g/mol. The third-order valence-corrected chi connectivity index (χ3v) is 2.19. The second-order valence-electron chi connectivity index (χ2n) is 5.20. The second-order valence-corrected chi connectivity index (χ2v) is 5.20. The van der Waals surface area contributed by atoms with Crippen LogP contribution in [0.25, 0.3) is 0 Å². The van der Waals surface area contributed by atoms with Crippen molar-refractivity contribution in [3.05, 3.63) is 12.2 Å². The molecule has 0 atom stereocenters. The molecule has 16 heavy (non-hydrogen) atoms. The third kappa shape index (κ3) is 19.3. The quantitative estimate of drug-likeness (QED) is 0.279. The van der Waals surface area contributed by atoms with Crippen molar-refractivity contribution >= 4 is 0 Å². The summed E-state index contributed by atoms with van der Waals surface area (Å²) >= 11 is 0. The summed E-state index contributed by atoms with van der Waals surface area (Å²) in [4.78, 5) is 0.